The van der Waals surface area contributed by atoms with Gasteiger partial charge in [-0.15, -0.1) is 11.3 Å². The lowest BCUT2D eigenvalue weighted by molar-refractivity contribution is 0.0931. The Hall–Kier alpha value is -2.62. The van der Waals surface area contributed by atoms with E-state index in [-0.39, 0.29) is 23.7 Å². The Labute approximate surface area is 215 Å². The van der Waals surface area contributed by atoms with E-state index in [4.69, 9.17) is 16.9 Å². The maximum absolute atomic E-state index is 12.7. The van der Waals surface area contributed by atoms with Gasteiger partial charge in [0.15, 0.2) is 0 Å². The van der Waals surface area contributed by atoms with Gasteiger partial charge < -0.3 is 9.87 Å². The molecule has 0 aliphatic carbocycles. The number of piperidine rings is 1. The zero-order chi connectivity index (χ0) is 24.9. The quantitative estimate of drug-likeness (QED) is 0.441. The number of rotatable bonds is 8. The van der Waals surface area contributed by atoms with E-state index in [9.17, 15) is 13.6 Å². The van der Waals surface area contributed by atoms with Gasteiger partial charge in [-0.2, -0.15) is 10.4 Å². The molecule has 1 aromatic carbocycles. The van der Waals surface area contributed by atoms with Crippen LogP contribution in [0.25, 0.3) is 11.3 Å². The first-order valence-electron chi connectivity index (χ1n) is 11.1. The molecule has 1 saturated heterocycles. The van der Waals surface area contributed by atoms with Gasteiger partial charge in [-0.3, -0.25) is 18.6 Å². The van der Waals surface area contributed by atoms with E-state index in [1.165, 1.54) is 11.3 Å². The number of hydrogen-bond donors (Lipinski definition) is 1. The van der Waals surface area contributed by atoms with E-state index in [0.29, 0.717) is 35.9 Å². The number of amides is 1. The van der Waals surface area contributed by atoms with Crippen LogP contribution in [-0.4, -0.2) is 59.3 Å². The van der Waals surface area contributed by atoms with Crippen molar-refractivity contribution in [3.63, 3.8) is 0 Å². The van der Waals surface area contributed by atoms with Crippen molar-refractivity contribution in [1.29, 1.82) is 5.26 Å². The molecule has 0 saturated carbocycles. The van der Waals surface area contributed by atoms with Gasteiger partial charge in [-0.25, -0.2) is 4.98 Å². The van der Waals surface area contributed by atoms with Crippen molar-refractivity contribution >= 4 is 39.9 Å². The van der Waals surface area contributed by atoms with Crippen molar-refractivity contribution in [3.05, 3.63) is 57.1 Å². The van der Waals surface area contributed by atoms with Gasteiger partial charge in [0.05, 0.1) is 33.7 Å². The minimum absolute atomic E-state index is 0.0646. The molecule has 35 heavy (non-hydrogen) atoms. The predicted molar refractivity (Wildman–Crippen MR) is 134 cm³/mol. The van der Waals surface area contributed by atoms with Crippen molar-refractivity contribution < 1.29 is 13.6 Å². The molecule has 1 aliphatic heterocycles. The van der Waals surface area contributed by atoms with Crippen LogP contribution in [0, 0.1) is 11.3 Å². The molecule has 3 heterocycles. The number of nitriles is 1. The minimum Gasteiger partial charge on any atom is -0.771 e. The van der Waals surface area contributed by atoms with Gasteiger partial charge in [0.1, 0.15) is 11.8 Å². The van der Waals surface area contributed by atoms with Gasteiger partial charge in [-0.1, -0.05) is 17.7 Å². The van der Waals surface area contributed by atoms with Crippen LogP contribution < -0.4 is 5.32 Å². The molecule has 9 nitrogen and oxygen atoms in total. The molecule has 1 N–H and O–H groups in total. The molecule has 184 valence electrons. The molecule has 2 atom stereocenters. The van der Waals surface area contributed by atoms with Crippen molar-refractivity contribution in [1.82, 2.24) is 25.0 Å². The van der Waals surface area contributed by atoms with Crippen molar-refractivity contribution in [2.75, 3.05) is 19.0 Å². The fourth-order valence-electron chi connectivity index (χ4n) is 4.04. The number of halogens is 1. The van der Waals surface area contributed by atoms with Crippen LogP contribution in [0.15, 0.2) is 35.8 Å². The molecular weight excluding hydrogens is 508 g/mol. The highest BCUT2D eigenvalue weighted by Gasteiger charge is 2.24. The number of likely N-dealkylation sites (tertiary alicyclic amines) is 1. The van der Waals surface area contributed by atoms with Gasteiger partial charge in [0.25, 0.3) is 5.91 Å². The number of carbonyl (C=O) groups excluding carboxylic acids is 1. The van der Waals surface area contributed by atoms with E-state index in [2.05, 4.69) is 15.4 Å². The topological polar surface area (TPSA) is 127 Å². The average molecular weight is 532 g/mol. The van der Waals surface area contributed by atoms with E-state index in [1.54, 1.807) is 28.3 Å². The summed E-state index contributed by atoms with van der Waals surface area (Å²) in [4.78, 5) is 19.2. The first kappa shape index (κ1) is 25.5. The highest BCUT2D eigenvalue weighted by Crippen LogP contribution is 2.30. The summed E-state index contributed by atoms with van der Waals surface area (Å²) in [5, 5.41) is 19.6. The Balaban J connectivity index is 1.30. The van der Waals surface area contributed by atoms with Gasteiger partial charge >= 0.3 is 0 Å². The summed E-state index contributed by atoms with van der Waals surface area (Å²) in [5.74, 6) is 0.0775. The number of nitrogens with zero attached hydrogens (tertiary/aromatic N) is 5. The lowest BCUT2D eigenvalue weighted by Crippen LogP contribution is -2.36. The van der Waals surface area contributed by atoms with Crippen molar-refractivity contribution in [3.8, 4) is 17.3 Å². The lowest BCUT2D eigenvalue weighted by Gasteiger charge is -2.31. The molecule has 3 aromatic rings. The maximum atomic E-state index is 12.7. The van der Waals surface area contributed by atoms with Gasteiger partial charge in [0.2, 0.25) is 0 Å². The summed E-state index contributed by atoms with van der Waals surface area (Å²) in [6.45, 7) is 3.79. The summed E-state index contributed by atoms with van der Waals surface area (Å²) < 4.78 is 23.5. The second-order valence-electron chi connectivity index (χ2n) is 8.50. The second-order valence-corrected chi connectivity index (χ2v) is 10.7. The molecule has 0 bridgehead atoms. The zero-order valence-corrected chi connectivity index (χ0v) is 21.4. The first-order chi connectivity index (χ1) is 16.8. The smallest absolute Gasteiger partial charge is 0.271 e. The van der Waals surface area contributed by atoms with Crippen LogP contribution in [0.1, 0.15) is 46.7 Å². The largest absolute Gasteiger partial charge is 0.771 e. The first-order valence-corrected chi connectivity index (χ1v) is 13.6. The number of hydrogen-bond acceptors (Lipinski definition) is 8. The van der Waals surface area contributed by atoms with E-state index >= 15 is 0 Å². The van der Waals surface area contributed by atoms with Crippen molar-refractivity contribution in [2.45, 2.75) is 38.3 Å². The summed E-state index contributed by atoms with van der Waals surface area (Å²) >= 11 is 5.54. The minimum atomic E-state index is -2.06. The number of thiazole rings is 1. The van der Waals surface area contributed by atoms with Crippen LogP contribution in [0.2, 0.25) is 5.02 Å². The molecule has 1 aliphatic rings. The number of aromatic nitrogens is 3. The third kappa shape index (κ3) is 6.54. The van der Waals surface area contributed by atoms with Crippen LogP contribution in [0.5, 0.6) is 0 Å². The average Bonchev–Trinajstić information content (AvgIpc) is 3.49. The summed E-state index contributed by atoms with van der Waals surface area (Å²) in [5.41, 5.74) is 2.35. The Kier molecular flexibility index (Phi) is 8.30. The standard InChI is InChI=1S/C23H25ClN6O3S2/c1-15(12-30-9-6-20(28-30)17-2-3-18(11-25)19(24)10-17)26-22(31)21-13-34-23(27-21)16-4-7-29(8-5-16)14-35(32)33/h2-3,6,9-10,13,15-16H,4-5,7-8,12,14H2,1H3,(H,26,31)(H,32,33)/p-1/t15-/m1/s1. The molecular formula is C23H24ClN6O3S2-. The number of nitrogens with one attached hydrogen (secondary N) is 1. The fraction of sp³-hybridized carbons (Fsp3) is 0.391. The van der Waals surface area contributed by atoms with Gasteiger partial charge in [0, 0.05) is 29.1 Å². The predicted octanol–water partition coefficient (Wildman–Crippen LogP) is 3.37. The maximum Gasteiger partial charge on any atom is 0.271 e. The monoisotopic (exact) mass is 531 g/mol. The normalized spacial score (nSPS) is 16.5. The highest BCUT2D eigenvalue weighted by molar-refractivity contribution is 7.79. The Bertz CT molecular complexity index is 1260. The molecule has 4 rings (SSSR count). The molecule has 2 aromatic heterocycles. The van der Waals surface area contributed by atoms with Crippen LogP contribution >= 0.6 is 22.9 Å². The SMILES string of the molecule is C[C@H](Cn1ccc(-c2ccc(C#N)c(Cl)c2)n1)NC(=O)c1csc(C2CCN(CS(=O)[O-])CC2)n1. The van der Waals surface area contributed by atoms with E-state index in [1.807, 2.05) is 30.2 Å². The molecule has 1 fully saturated rings. The Morgan fingerprint density at radius 3 is 2.86 bits per heavy atom. The molecule has 1 unspecified atom stereocenters. The Morgan fingerprint density at radius 2 is 2.17 bits per heavy atom. The summed E-state index contributed by atoms with van der Waals surface area (Å²) in [7, 11) is 0. The molecule has 1 amide bonds. The number of benzene rings is 1. The lowest BCUT2D eigenvalue weighted by atomic mass is 9.98. The van der Waals surface area contributed by atoms with Crippen LogP contribution in [0.3, 0.4) is 0 Å². The third-order valence-electron chi connectivity index (χ3n) is 5.84. The molecule has 12 heteroatoms. The Morgan fingerprint density at radius 1 is 1.40 bits per heavy atom. The molecule has 0 radical (unpaired) electrons. The van der Waals surface area contributed by atoms with Crippen LogP contribution in [0.4, 0.5) is 0 Å². The van der Waals surface area contributed by atoms with E-state index < -0.39 is 11.1 Å². The summed E-state index contributed by atoms with van der Waals surface area (Å²) in [6, 6.07) is 8.90. The van der Waals surface area contributed by atoms with Crippen molar-refractivity contribution in [2.24, 2.45) is 0 Å². The third-order valence-corrected chi connectivity index (χ3v) is 7.74. The van der Waals surface area contributed by atoms with Gasteiger partial charge in [-0.05, 0) is 62.1 Å². The molecule has 0 spiro atoms. The van der Waals surface area contributed by atoms with Crippen LogP contribution in [-0.2, 0) is 17.6 Å². The van der Waals surface area contributed by atoms with E-state index in [0.717, 1.165) is 29.1 Å². The summed E-state index contributed by atoms with van der Waals surface area (Å²) in [6.07, 6.45) is 3.49. The highest BCUT2D eigenvalue weighted by atomic mass is 35.5. The fourth-order valence-corrected chi connectivity index (χ4v) is 5.79. The number of carbonyl (C=O) groups is 1. The second kappa shape index (κ2) is 11.4. The zero-order valence-electron chi connectivity index (χ0n) is 19.0.